The zero-order valence-corrected chi connectivity index (χ0v) is 25.2. The average molecular weight is 662 g/mol. The van der Waals surface area contributed by atoms with Crippen molar-refractivity contribution in [2.24, 2.45) is 5.92 Å². The number of fused-ring (bicyclic) bond motifs is 3. The lowest BCUT2D eigenvalue weighted by Gasteiger charge is -2.29. The molecule has 3 heterocycles. The molecule has 0 bridgehead atoms. The van der Waals surface area contributed by atoms with E-state index in [9.17, 15) is 32.3 Å². The normalized spacial score (nSPS) is 19.2. The van der Waals surface area contributed by atoms with E-state index in [-0.39, 0.29) is 17.4 Å². The van der Waals surface area contributed by atoms with Crippen LogP contribution in [0.1, 0.15) is 21.9 Å². The Hall–Kier alpha value is -4.88. The molecule has 8 nitrogen and oxygen atoms in total. The third-order valence-electron chi connectivity index (χ3n) is 7.95. The highest BCUT2D eigenvalue weighted by Crippen LogP contribution is 2.54. The van der Waals surface area contributed by atoms with E-state index in [0.717, 1.165) is 46.0 Å². The van der Waals surface area contributed by atoms with Crippen molar-refractivity contribution in [2.45, 2.75) is 22.4 Å². The summed E-state index contributed by atoms with van der Waals surface area (Å²) in [7, 11) is 0. The van der Waals surface area contributed by atoms with E-state index in [2.05, 4.69) is 10.3 Å². The number of thiazole rings is 1. The molecule has 1 aromatic heterocycles. The Morgan fingerprint density at radius 1 is 0.891 bits per heavy atom. The molecule has 46 heavy (non-hydrogen) atoms. The van der Waals surface area contributed by atoms with Gasteiger partial charge in [-0.15, -0.1) is 0 Å². The second-order valence-electron chi connectivity index (χ2n) is 10.7. The quantitative estimate of drug-likeness (QED) is 0.203. The number of hydrogen-bond donors (Lipinski definition) is 2. The van der Waals surface area contributed by atoms with E-state index in [0.29, 0.717) is 31.8 Å². The van der Waals surface area contributed by atoms with Gasteiger partial charge in [-0.25, -0.2) is 4.90 Å². The Balaban J connectivity index is 1.14. The van der Waals surface area contributed by atoms with Crippen molar-refractivity contribution in [3.05, 3.63) is 117 Å². The van der Waals surface area contributed by atoms with E-state index >= 15 is 0 Å². The third kappa shape index (κ3) is 5.24. The van der Waals surface area contributed by atoms with Crippen molar-refractivity contribution in [2.75, 3.05) is 16.8 Å². The van der Waals surface area contributed by atoms with Crippen LogP contribution < -0.4 is 19.8 Å². The Morgan fingerprint density at radius 2 is 1.61 bits per heavy atom. The number of halogens is 3. The first-order chi connectivity index (χ1) is 22.1. The Kier molecular flexibility index (Phi) is 7.44. The topological polar surface area (TPSA) is 109 Å². The van der Waals surface area contributed by atoms with Crippen LogP contribution in [0.2, 0.25) is 0 Å². The molecule has 2 aliphatic heterocycles. The molecule has 0 unspecified atom stereocenters. The number of benzene rings is 4. The number of carbonyl (C=O) groups is 3. The van der Waals surface area contributed by atoms with Gasteiger partial charge in [-0.1, -0.05) is 83.8 Å². The monoisotopic (exact) mass is 661 g/mol. The molecule has 7 rings (SSSR count). The second kappa shape index (κ2) is 11.5. The second-order valence-corrected chi connectivity index (χ2v) is 12.9. The summed E-state index contributed by atoms with van der Waals surface area (Å²) in [6.07, 6.45) is -4.79. The van der Waals surface area contributed by atoms with Gasteiger partial charge in [-0.2, -0.15) is 13.2 Å². The zero-order valence-electron chi connectivity index (χ0n) is 23.5. The number of thioether (sulfide) groups is 1. The SMILES string of the molecule is O=C(COc1ccc([C@@H]2c3sc(=O)[nH]c3S[C@H]3C(=O)N(c4ccccc4C(F)(F)F)C(=O)[C@@H]23)cc1)Nc1cccc2ccccc12. The molecule has 1 fully saturated rings. The van der Waals surface area contributed by atoms with Crippen molar-refractivity contribution >= 4 is 63.0 Å². The molecular weight excluding hydrogens is 640 g/mol. The molecule has 1 saturated heterocycles. The molecule has 0 spiro atoms. The van der Waals surface area contributed by atoms with E-state index in [1.807, 2.05) is 36.4 Å². The Morgan fingerprint density at radius 3 is 2.39 bits per heavy atom. The van der Waals surface area contributed by atoms with Crippen LogP contribution in [0.25, 0.3) is 10.8 Å². The number of rotatable bonds is 6. The summed E-state index contributed by atoms with van der Waals surface area (Å²) < 4.78 is 47.3. The summed E-state index contributed by atoms with van der Waals surface area (Å²) in [5, 5.41) is 4.07. The summed E-state index contributed by atoms with van der Waals surface area (Å²) in [5.41, 5.74) is -0.408. The van der Waals surface area contributed by atoms with Crippen LogP contribution >= 0.6 is 23.1 Å². The van der Waals surface area contributed by atoms with E-state index in [1.54, 1.807) is 30.3 Å². The lowest BCUT2D eigenvalue weighted by molar-refractivity contribution is -0.137. The van der Waals surface area contributed by atoms with Crippen molar-refractivity contribution in [3.8, 4) is 5.75 Å². The number of anilines is 2. The van der Waals surface area contributed by atoms with Gasteiger partial charge >= 0.3 is 11.0 Å². The van der Waals surface area contributed by atoms with Crippen LogP contribution in [0.15, 0.2) is 101 Å². The predicted molar refractivity (Wildman–Crippen MR) is 168 cm³/mol. The minimum Gasteiger partial charge on any atom is -0.484 e. The fourth-order valence-corrected chi connectivity index (χ4v) is 8.48. The van der Waals surface area contributed by atoms with E-state index < -0.39 is 46.3 Å². The molecule has 0 saturated carbocycles. The van der Waals surface area contributed by atoms with Crippen LogP contribution in [-0.4, -0.2) is 34.6 Å². The molecule has 3 atom stereocenters. The van der Waals surface area contributed by atoms with Crippen LogP contribution in [0.3, 0.4) is 0 Å². The largest absolute Gasteiger partial charge is 0.484 e. The Bertz CT molecular complexity index is 2070. The molecule has 13 heteroatoms. The van der Waals surface area contributed by atoms with Crippen LogP contribution in [0.4, 0.5) is 24.5 Å². The molecule has 0 radical (unpaired) electrons. The van der Waals surface area contributed by atoms with Gasteiger partial charge in [0, 0.05) is 21.9 Å². The number of amides is 3. The maximum absolute atomic E-state index is 13.9. The standard InChI is InChI=1S/C33H22F3N3O5S2/c34-33(35,36)21-9-3-4-11-23(21)39-30(41)26-25(27-29(38-32(43)46-27)45-28(26)31(39)42)18-12-14-19(15-13-18)44-16-24(40)37-22-10-5-7-17-6-1-2-8-20(17)22/h1-15,25-26,28H,16H2,(H,37,40)(H,38,43)/t25-,26-,28+/m0/s1. The highest BCUT2D eigenvalue weighted by molar-refractivity contribution is 8.00. The third-order valence-corrected chi connectivity index (χ3v) is 10.3. The average Bonchev–Trinajstić information content (AvgIpc) is 3.54. The summed E-state index contributed by atoms with van der Waals surface area (Å²) in [5.74, 6) is -3.42. The van der Waals surface area contributed by atoms with Crippen molar-refractivity contribution < 1.29 is 32.3 Å². The number of nitrogens with one attached hydrogen (secondary N) is 2. The minimum absolute atomic E-state index is 0.280. The molecule has 5 aromatic rings. The van der Waals surface area contributed by atoms with Gasteiger partial charge < -0.3 is 15.0 Å². The molecule has 2 aliphatic rings. The molecule has 2 N–H and O–H groups in total. The van der Waals surface area contributed by atoms with Crippen molar-refractivity contribution in [1.29, 1.82) is 0 Å². The number of alkyl halides is 3. The van der Waals surface area contributed by atoms with Gasteiger partial charge in [0.2, 0.25) is 11.8 Å². The molecule has 232 valence electrons. The number of H-pyrrole nitrogens is 1. The van der Waals surface area contributed by atoms with Gasteiger partial charge in [0.05, 0.1) is 22.2 Å². The zero-order chi connectivity index (χ0) is 32.2. The van der Waals surface area contributed by atoms with Crippen LogP contribution in [-0.2, 0) is 20.6 Å². The number of aromatic amines is 1. The first kappa shape index (κ1) is 29.8. The highest BCUT2D eigenvalue weighted by atomic mass is 32.2. The summed E-state index contributed by atoms with van der Waals surface area (Å²) >= 11 is 1.87. The number of aromatic nitrogens is 1. The number of hydrogen-bond acceptors (Lipinski definition) is 7. The van der Waals surface area contributed by atoms with Crippen molar-refractivity contribution in [3.63, 3.8) is 0 Å². The lowest BCUT2D eigenvalue weighted by atomic mass is 9.83. The molecule has 0 aliphatic carbocycles. The van der Waals surface area contributed by atoms with Gasteiger partial charge in [0.15, 0.2) is 6.61 Å². The highest BCUT2D eigenvalue weighted by Gasteiger charge is 2.57. The van der Waals surface area contributed by atoms with Gasteiger partial charge in [0.25, 0.3) is 5.91 Å². The maximum Gasteiger partial charge on any atom is 0.418 e. The fourth-order valence-electron chi connectivity index (χ4n) is 5.96. The number of imide groups is 1. The smallest absolute Gasteiger partial charge is 0.418 e. The summed E-state index contributed by atoms with van der Waals surface area (Å²) in [6.45, 7) is -0.280. The van der Waals surface area contributed by atoms with Gasteiger partial charge in [-0.3, -0.25) is 19.2 Å². The lowest BCUT2D eigenvalue weighted by Crippen LogP contribution is -2.33. The minimum atomic E-state index is -4.79. The van der Waals surface area contributed by atoms with Gasteiger partial charge in [0.1, 0.15) is 11.0 Å². The summed E-state index contributed by atoms with van der Waals surface area (Å²) in [6, 6.07) is 24.2. The van der Waals surface area contributed by atoms with Crippen LogP contribution in [0, 0.1) is 5.92 Å². The number of carbonyl (C=O) groups excluding carboxylic acids is 3. The maximum atomic E-state index is 13.9. The molecule has 3 amide bonds. The number of nitrogens with zero attached hydrogens (tertiary/aromatic N) is 1. The molecule has 4 aromatic carbocycles. The predicted octanol–water partition coefficient (Wildman–Crippen LogP) is 6.42. The summed E-state index contributed by atoms with van der Waals surface area (Å²) in [4.78, 5) is 56.0. The number of ether oxygens (including phenoxy) is 1. The number of para-hydroxylation sites is 1. The first-order valence-electron chi connectivity index (χ1n) is 14.0. The Labute approximate surface area is 267 Å². The van der Waals surface area contributed by atoms with Crippen molar-refractivity contribution in [1.82, 2.24) is 4.98 Å². The van der Waals surface area contributed by atoms with Gasteiger partial charge in [-0.05, 0) is 41.3 Å². The van der Waals surface area contributed by atoms with E-state index in [4.69, 9.17) is 4.74 Å². The van der Waals surface area contributed by atoms with Crippen LogP contribution in [0.5, 0.6) is 5.75 Å². The van der Waals surface area contributed by atoms with E-state index in [1.165, 1.54) is 12.1 Å². The fraction of sp³-hybridized carbons (Fsp3) is 0.152. The first-order valence-corrected chi connectivity index (χ1v) is 15.7. The molecular formula is C33H22F3N3O5S2.